The standard InChI is InChI=1S/C23H20FN5O3/c1-13-10-15(6-8-25-13)22-27-20(28-29-22)7-9-26-23(32)18-11-16(12-19(30)21(18)31)14-2-4-17(24)5-3-14/h2-6,8,10-12,30-31H,7,9H2,1H3,(H,26,32)(H,27,28,29). The summed E-state index contributed by atoms with van der Waals surface area (Å²) in [6, 6.07) is 12.0. The van der Waals surface area contributed by atoms with Crippen LogP contribution in [0.25, 0.3) is 22.5 Å². The van der Waals surface area contributed by atoms with Gasteiger partial charge in [0.1, 0.15) is 11.6 Å². The normalized spacial score (nSPS) is 10.8. The Labute approximate surface area is 182 Å². The zero-order valence-electron chi connectivity index (χ0n) is 17.1. The lowest BCUT2D eigenvalue weighted by molar-refractivity contribution is 0.0950. The summed E-state index contributed by atoms with van der Waals surface area (Å²) in [5.41, 5.74) is 2.66. The number of benzene rings is 2. The van der Waals surface area contributed by atoms with E-state index >= 15 is 0 Å². The average molecular weight is 433 g/mol. The first-order valence-corrected chi connectivity index (χ1v) is 9.85. The lowest BCUT2D eigenvalue weighted by Gasteiger charge is -2.10. The van der Waals surface area contributed by atoms with Crippen molar-refractivity contribution < 1.29 is 19.4 Å². The zero-order valence-corrected chi connectivity index (χ0v) is 17.1. The van der Waals surface area contributed by atoms with Gasteiger partial charge in [-0.05, 0) is 54.4 Å². The summed E-state index contributed by atoms with van der Waals surface area (Å²) in [7, 11) is 0. The van der Waals surface area contributed by atoms with Crippen LogP contribution in [0.3, 0.4) is 0 Å². The SMILES string of the molecule is Cc1cc(-c2n[nH]c(CCNC(=O)c3cc(-c4ccc(F)cc4)cc(O)c3O)n2)ccn1. The van der Waals surface area contributed by atoms with E-state index in [-0.39, 0.29) is 12.1 Å². The molecule has 0 aliphatic rings. The van der Waals surface area contributed by atoms with E-state index in [1.54, 1.807) is 6.20 Å². The van der Waals surface area contributed by atoms with Crippen molar-refractivity contribution >= 4 is 5.91 Å². The predicted octanol–water partition coefficient (Wildman–Crippen LogP) is 3.36. The highest BCUT2D eigenvalue weighted by atomic mass is 19.1. The fourth-order valence-corrected chi connectivity index (χ4v) is 3.21. The molecule has 1 amide bonds. The fourth-order valence-electron chi connectivity index (χ4n) is 3.21. The Balaban J connectivity index is 1.44. The number of carbonyl (C=O) groups is 1. The molecule has 8 nitrogen and oxygen atoms in total. The van der Waals surface area contributed by atoms with E-state index in [4.69, 9.17) is 0 Å². The van der Waals surface area contributed by atoms with Crippen molar-refractivity contribution in [3.8, 4) is 34.0 Å². The molecule has 4 N–H and O–H groups in total. The van der Waals surface area contributed by atoms with Crippen molar-refractivity contribution in [3.05, 3.63) is 77.6 Å². The monoisotopic (exact) mass is 433 g/mol. The lowest BCUT2D eigenvalue weighted by atomic mass is 10.0. The molecule has 0 aliphatic heterocycles. The number of halogens is 1. The number of carbonyl (C=O) groups excluding carboxylic acids is 1. The van der Waals surface area contributed by atoms with Crippen LogP contribution >= 0.6 is 0 Å². The summed E-state index contributed by atoms with van der Waals surface area (Å²) >= 11 is 0. The molecule has 0 saturated heterocycles. The lowest BCUT2D eigenvalue weighted by Crippen LogP contribution is -2.26. The maximum absolute atomic E-state index is 13.2. The van der Waals surface area contributed by atoms with Crippen LogP contribution in [0.2, 0.25) is 0 Å². The molecule has 2 aromatic carbocycles. The van der Waals surface area contributed by atoms with Gasteiger partial charge in [-0.1, -0.05) is 12.1 Å². The zero-order chi connectivity index (χ0) is 22.7. The summed E-state index contributed by atoms with van der Waals surface area (Å²) in [5.74, 6) is -0.809. The second-order valence-electron chi connectivity index (χ2n) is 7.20. The molecule has 0 unspecified atom stereocenters. The smallest absolute Gasteiger partial charge is 0.255 e. The summed E-state index contributed by atoms with van der Waals surface area (Å²) in [4.78, 5) is 21.2. The molecule has 0 radical (unpaired) electrons. The minimum absolute atomic E-state index is 0.0881. The van der Waals surface area contributed by atoms with Gasteiger partial charge in [-0.25, -0.2) is 9.37 Å². The molecule has 2 aromatic heterocycles. The highest BCUT2D eigenvalue weighted by molar-refractivity contribution is 5.99. The molecule has 0 atom stereocenters. The molecular weight excluding hydrogens is 413 g/mol. The predicted molar refractivity (Wildman–Crippen MR) is 116 cm³/mol. The number of H-pyrrole nitrogens is 1. The number of nitrogens with one attached hydrogen (secondary N) is 2. The van der Waals surface area contributed by atoms with E-state index in [1.165, 1.54) is 36.4 Å². The molecule has 32 heavy (non-hydrogen) atoms. The number of nitrogens with zero attached hydrogens (tertiary/aromatic N) is 3. The average Bonchev–Trinajstić information content (AvgIpc) is 3.25. The summed E-state index contributed by atoms with van der Waals surface area (Å²) in [6.45, 7) is 2.11. The second-order valence-corrected chi connectivity index (χ2v) is 7.20. The first-order valence-electron chi connectivity index (χ1n) is 9.85. The number of pyridine rings is 1. The van der Waals surface area contributed by atoms with Crippen LogP contribution < -0.4 is 5.32 Å². The Morgan fingerprint density at radius 2 is 1.84 bits per heavy atom. The number of aromatic hydroxyl groups is 2. The second kappa shape index (κ2) is 8.84. The number of hydrogen-bond donors (Lipinski definition) is 4. The summed E-state index contributed by atoms with van der Waals surface area (Å²) in [6.07, 6.45) is 2.07. The van der Waals surface area contributed by atoms with E-state index < -0.39 is 23.2 Å². The van der Waals surface area contributed by atoms with Gasteiger partial charge in [0.15, 0.2) is 17.3 Å². The quantitative estimate of drug-likeness (QED) is 0.346. The van der Waals surface area contributed by atoms with Crippen LogP contribution in [0, 0.1) is 12.7 Å². The number of phenols is 2. The van der Waals surface area contributed by atoms with Gasteiger partial charge in [0.2, 0.25) is 0 Å². The van der Waals surface area contributed by atoms with Gasteiger partial charge in [0, 0.05) is 30.4 Å². The van der Waals surface area contributed by atoms with Crippen molar-refractivity contribution in [1.29, 1.82) is 0 Å². The fraction of sp³-hybridized carbons (Fsp3) is 0.130. The maximum atomic E-state index is 13.2. The molecule has 162 valence electrons. The Hall–Kier alpha value is -4.27. The highest BCUT2D eigenvalue weighted by Gasteiger charge is 2.17. The molecule has 0 aliphatic carbocycles. The molecular formula is C23H20FN5O3. The Morgan fingerprint density at radius 1 is 1.06 bits per heavy atom. The number of aromatic amines is 1. The Kier molecular flexibility index (Phi) is 5.80. The summed E-state index contributed by atoms with van der Waals surface area (Å²) in [5, 5.41) is 29.9. The molecule has 0 bridgehead atoms. The third-order valence-corrected chi connectivity index (χ3v) is 4.85. The van der Waals surface area contributed by atoms with E-state index in [9.17, 15) is 19.4 Å². The minimum Gasteiger partial charge on any atom is -0.504 e. The molecule has 0 spiro atoms. The van der Waals surface area contributed by atoms with Crippen LogP contribution in [0.1, 0.15) is 21.9 Å². The van der Waals surface area contributed by atoms with Gasteiger partial charge in [0.05, 0.1) is 5.56 Å². The Morgan fingerprint density at radius 3 is 2.59 bits per heavy atom. The molecule has 0 fully saturated rings. The van der Waals surface area contributed by atoms with Crippen molar-refractivity contribution in [1.82, 2.24) is 25.5 Å². The van der Waals surface area contributed by atoms with Gasteiger partial charge in [-0.3, -0.25) is 14.9 Å². The van der Waals surface area contributed by atoms with Crippen LogP contribution in [0.4, 0.5) is 4.39 Å². The molecule has 4 rings (SSSR count). The van der Waals surface area contributed by atoms with Gasteiger partial charge >= 0.3 is 0 Å². The van der Waals surface area contributed by atoms with Gasteiger partial charge in [-0.15, -0.1) is 0 Å². The molecule has 0 saturated carbocycles. The number of rotatable bonds is 6. The number of hydrogen-bond acceptors (Lipinski definition) is 6. The minimum atomic E-state index is -0.564. The van der Waals surface area contributed by atoms with Crippen molar-refractivity contribution in [2.24, 2.45) is 0 Å². The summed E-state index contributed by atoms with van der Waals surface area (Å²) < 4.78 is 13.2. The molecule has 2 heterocycles. The first kappa shape index (κ1) is 21.0. The van der Waals surface area contributed by atoms with Crippen molar-refractivity contribution in [2.75, 3.05) is 6.54 Å². The van der Waals surface area contributed by atoms with Crippen LogP contribution in [-0.4, -0.2) is 42.8 Å². The van der Waals surface area contributed by atoms with Crippen LogP contribution in [0.5, 0.6) is 11.5 Å². The van der Waals surface area contributed by atoms with Crippen molar-refractivity contribution in [3.63, 3.8) is 0 Å². The van der Waals surface area contributed by atoms with Gasteiger partial charge < -0.3 is 15.5 Å². The third kappa shape index (κ3) is 4.56. The van der Waals surface area contributed by atoms with Gasteiger partial charge in [0.25, 0.3) is 5.91 Å². The van der Waals surface area contributed by atoms with Crippen LogP contribution in [-0.2, 0) is 6.42 Å². The molecule has 4 aromatic rings. The van der Waals surface area contributed by atoms with Crippen LogP contribution in [0.15, 0.2) is 54.7 Å². The third-order valence-electron chi connectivity index (χ3n) is 4.85. The first-order chi connectivity index (χ1) is 15.4. The number of amides is 1. The molecule has 9 heteroatoms. The number of phenolic OH excluding ortho intramolecular Hbond substituents is 2. The van der Waals surface area contributed by atoms with E-state index in [1.807, 2.05) is 19.1 Å². The highest BCUT2D eigenvalue weighted by Crippen LogP contribution is 2.34. The Bertz CT molecular complexity index is 1270. The maximum Gasteiger partial charge on any atom is 0.255 e. The number of aryl methyl sites for hydroxylation is 1. The largest absolute Gasteiger partial charge is 0.504 e. The number of aromatic nitrogens is 4. The van der Waals surface area contributed by atoms with Crippen molar-refractivity contribution in [2.45, 2.75) is 13.3 Å². The van der Waals surface area contributed by atoms with Gasteiger partial charge in [-0.2, -0.15) is 5.10 Å². The van der Waals surface area contributed by atoms with E-state index in [2.05, 4.69) is 25.5 Å². The topological polar surface area (TPSA) is 124 Å². The van der Waals surface area contributed by atoms with E-state index in [0.29, 0.717) is 29.2 Å². The van der Waals surface area contributed by atoms with E-state index in [0.717, 1.165) is 11.3 Å².